The van der Waals surface area contributed by atoms with Crippen LogP contribution in [0.2, 0.25) is 0 Å². The Kier molecular flexibility index (Phi) is 3.24. The highest BCUT2D eigenvalue weighted by Gasteiger charge is 2.25. The van der Waals surface area contributed by atoms with Gasteiger partial charge in [0.1, 0.15) is 0 Å². The molecule has 2 aromatic rings. The van der Waals surface area contributed by atoms with Gasteiger partial charge < -0.3 is 4.90 Å². The Bertz CT molecular complexity index is 644. The summed E-state index contributed by atoms with van der Waals surface area (Å²) in [4.78, 5) is 13.4. The Morgan fingerprint density at radius 2 is 2.15 bits per heavy atom. The number of amides is 1. The predicted molar refractivity (Wildman–Crippen MR) is 79.7 cm³/mol. The minimum atomic E-state index is 0.237. The Morgan fingerprint density at radius 3 is 2.85 bits per heavy atom. The number of aromatic nitrogens is 2. The molecule has 1 atom stereocenters. The number of piperidine rings is 1. The van der Waals surface area contributed by atoms with E-state index in [1.165, 1.54) is 16.5 Å². The summed E-state index contributed by atoms with van der Waals surface area (Å²) in [5, 5.41) is 5.73. The van der Waals surface area contributed by atoms with Gasteiger partial charge >= 0.3 is 0 Å². The third kappa shape index (κ3) is 2.19. The zero-order chi connectivity index (χ0) is 14.3. The summed E-state index contributed by atoms with van der Waals surface area (Å²) in [5.41, 5.74) is 2.52. The maximum absolute atomic E-state index is 11.6. The molecule has 1 unspecified atom stereocenters. The van der Waals surface area contributed by atoms with Crippen LogP contribution in [0.5, 0.6) is 0 Å². The van der Waals surface area contributed by atoms with Crippen molar-refractivity contribution in [1.29, 1.82) is 0 Å². The van der Waals surface area contributed by atoms with Crippen molar-refractivity contribution in [3.05, 3.63) is 30.0 Å². The van der Waals surface area contributed by atoms with Crippen molar-refractivity contribution >= 4 is 16.8 Å². The number of nitrogens with zero attached hydrogens (tertiary/aromatic N) is 3. The van der Waals surface area contributed by atoms with Gasteiger partial charge in [0.15, 0.2) is 0 Å². The average Bonchev–Trinajstić information content (AvgIpc) is 2.84. The lowest BCUT2D eigenvalue weighted by Crippen LogP contribution is -2.38. The van der Waals surface area contributed by atoms with Crippen LogP contribution in [0.15, 0.2) is 24.4 Å². The summed E-state index contributed by atoms with van der Waals surface area (Å²) < 4.78 is 2.10. The molecule has 1 fully saturated rings. The fourth-order valence-corrected chi connectivity index (χ4v) is 2.89. The van der Waals surface area contributed by atoms with Gasteiger partial charge in [0, 0.05) is 25.4 Å². The Hall–Kier alpha value is -1.84. The van der Waals surface area contributed by atoms with E-state index in [1.54, 1.807) is 0 Å². The van der Waals surface area contributed by atoms with Crippen LogP contribution in [0.1, 0.15) is 44.2 Å². The van der Waals surface area contributed by atoms with Crippen molar-refractivity contribution < 1.29 is 4.79 Å². The van der Waals surface area contributed by atoms with Gasteiger partial charge in [0.25, 0.3) is 0 Å². The van der Waals surface area contributed by atoms with Crippen LogP contribution in [0.3, 0.4) is 0 Å². The molecular formula is C16H21N3O. The van der Waals surface area contributed by atoms with Gasteiger partial charge in [-0.05, 0) is 24.0 Å². The normalized spacial score (nSPS) is 20.1. The maximum atomic E-state index is 11.6. The number of hydrogen-bond acceptors (Lipinski definition) is 2. The van der Waals surface area contributed by atoms with Crippen molar-refractivity contribution in [3.8, 4) is 0 Å². The third-order valence-electron chi connectivity index (χ3n) is 4.24. The maximum Gasteiger partial charge on any atom is 0.222 e. The number of likely N-dealkylation sites (N-methyl/N-ethyl adjacent to an activating group) is 1. The Balaban J connectivity index is 1.99. The quantitative estimate of drug-likeness (QED) is 0.842. The fourth-order valence-electron chi connectivity index (χ4n) is 2.89. The van der Waals surface area contributed by atoms with Crippen LogP contribution in [0.4, 0.5) is 0 Å². The minimum absolute atomic E-state index is 0.237. The highest BCUT2D eigenvalue weighted by atomic mass is 16.2. The van der Waals surface area contributed by atoms with E-state index in [0.717, 1.165) is 13.0 Å². The summed E-state index contributed by atoms with van der Waals surface area (Å²) >= 11 is 0. The van der Waals surface area contributed by atoms with Gasteiger partial charge in [-0.2, -0.15) is 5.10 Å². The molecule has 3 rings (SSSR count). The van der Waals surface area contributed by atoms with E-state index in [9.17, 15) is 4.79 Å². The van der Waals surface area contributed by atoms with Crippen LogP contribution in [0, 0.1) is 0 Å². The zero-order valence-corrected chi connectivity index (χ0v) is 12.3. The average molecular weight is 271 g/mol. The number of benzene rings is 1. The van der Waals surface area contributed by atoms with E-state index in [-0.39, 0.29) is 11.9 Å². The summed E-state index contributed by atoms with van der Waals surface area (Å²) in [6.45, 7) is 5.16. The molecule has 1 aromatic heterocycles. The van der Waals surface area contributed by atoms with Crippen LogP contribution < -0.4 is 0 Å². The molecule has 0 spiro atoms. The SMILES string of the molecule is CC(C)c1ccc2cnn(C3CCC(=O)N(C)C3)c2c1. The second-order valence-corrected chi connectivity index (χ2v) is 6.03. The summed E-state index contributed by atoms with van der Waals surface area (Å²) in [6, 6.07) is 6.85. The lowest BCUT2D eigenvalue weighted by Gasteiger charge is -2.30. The van der Waals surface area contributed by atoms with Crippen molar-refractivity contribution in [3.63, 3.8) is 0 Å². The zero-order valence-electron chi connectivity index (χ0n) is 12.3. The summed E-state index contributed by atoms with van der Waals surface area (Å²) in [6.07, 6.45) is 3.42. The number of likely N-dealkylation sites (tertiary alicyclic amines) is 1. The number of carbonyl (C=O) groups excluding carboxylic acids is 1. The topological polar surface area (TPSA) is 38.1 Å². The van der Waals surface area contributed by atoms with Crippen molar-refractivity contribution in [2.75, 3.05) is 13.6 Å². The summed E-state index contributed by atoms with van der Waals surface area (Å²) in [7, 11) is 1.87. The number of fused-ring (bicyclic) bond motifs is 1. The van der Waals surface area contributed by atoms with Crippen LogP contribution in [-0.2, 0) is 4.79 Å². The van der Waals surface area contributed by atoms with Crippen LogP contribution >= 0.6 is 0 Å². The highest BCUT2D eigenvalue weighted by Crippen LogP contribution is 2.27. The van der Waals surface area contributed by atoms with Gasteiger partial charge in [0.05, 0.1) is 17.8 Å². The Morgan fingerprint density at radius 1 is 1.35 bits per heavy atom. The van der Waals surface area contributed by atoms with Crippen LogP contribution in [-0.4, -0.2) is 34.2 Å². The van der Waals surface area contributed by atoms with Crippen molar-refractivity contribution in [2.45, 2.75) is 38.6 Å². The first-order chi connectivity index (χ1) is 9.56. The molecule has 1 aliphatic rings. The molecular weight excluding hydrogens is 250 g/mol. The second kappa shape index (κ2) is 4.93. The molecule has 0 aliphatic carbocycles. The fraction of sp³-hybridized carbons (Fsp3) is 0.500. The van der Waals surface area contributed by atoms with Crippen molar-refractivity contribution in [2.24, 2.45) is 0 Å². The van der Waals surface area contributed by atoms with E-state index in [0.29, 0.717) is 12.3 Å². The predicted octanol–water partition coefficient (Wildman–Crippen LogP) is 2.95. The van der Waals surface area contributed by atoms with Gasteiger partial charge in [-0.15, -0.1) is 0 Å². The molecule has 1 aromatic carbocycles. The van der Waals surface area contributed by atoms with Crippen molar-refractivity contribution in [1.82, 2.24) is 14.7 Å². The van der Waals surface area contributed by atoms with Gasteiger partial charge in [-0.1, -0.05) is 26.0 Å². The smallest absolute Gasteiger partial charge is 0.222 e. The van der Waals surface area contributed by atoms with E-state index < -0.39 is 0 Å². The highest BCUT2D eigenvalue weighted by molar-refractivity contribution is 5.80. The standard InChI is InChI=1S/C16H21N3O/c1-11(2)12-4-5-13-9-17-19(15(13)8-12)14-6-7-16(20)18(3)10-14/h4-5,8-9,11,14H,6-7,10H2,1-3H3. The minimum Gasteiger partial charge on any atom is -0.344 e. The monoisotopic (exact) mass is 271 g/mol. The summed E-state index contributed by atoms with van der Waals surface area (Å²) in [5.74, 6) is 0.749. The molecule has 0 N–H and O–H groups in total. The van der Waals surface area contributed by atoms with Gasteiger partial charge in [-0.3, -0.25) is 9.48 Å². The lowest BCUT2D eigenvalue weighted by molar-refractivity contribution is -0.132. The number of rotatable bonds is 2. The third-order valence-corrected chi connectivity index (χ3v) is 4.24. The molecule has 106 valence electrons. The number of hydrogen-bond donors (Lipinski definition) is 0. The van der Waals surface area contributed by atoms with Gasteiger partial charge in [-0.25, -0.2) is 0 Å². The van der Waals surface area contributed by atoms with E-state index in [2.05, 4.69) is 41.8 Å². The first kappa shape index (κ1) is 13.2. The van der Waals surface area contributed by atoms with Crippen LogP contribution in [0.25, 0.3) is 10.9 Å². The molecule has 0 radical (unpaired) electrons. The van der Waals surface area contributed by atoms with E-state index >= 15 is 0 Å². The molecule has 0 bridgehead atoms. The first-order valence-corrected chi connectivity index (χ1v) is 7.27. The molecule has 1 aliphatic heterocycles. The lowest BCUT2D eigenvalue weighted by atomic mass is 10.0. The van der Waals surface area contributed by atoms with E-state index in [1.807, 2.05) is 18.1 Å². The largest absolute Gasteiger partial charge is 0.344 e. The van der Waals surface area contributed by atoms with E-state index in [4.69, 9.17) is 0 Å². The molecule has 0 saturated carbocycles. The molecule has 4 heteroatoms. The Labute approximate surface area is 119 Å². The molecule has 20 heavy (non-hydrogen) atoms. The molecule has 4 nitrogen and oxygen atoms in total. The number of carbonyl (C=O) groups is 1. The second-order valence-electron chi connectivity index (χ2n) is 6.03. The van der Waals surface area contributed by atoms with Gasteiger partial charge in [0.2, 0.25) is 5.91 Å². The molecule has 1 saturated heterocycles. The molecule has 1 amide bonds. The molecule has 2 heterocycles. The first-order valence-electron chi connectivity index (χ1n) is 7.27.